The Morgan fingerprint density at radius 1 is 1.45 bits per heavy atom. The lowest BCUT2D eigenvalue weighted by Gasteiger charge is -2.23. The molecule has 0 bridgehead atoms. The smallest absolute Gasteiger partial charge is 0.223 e. The van der Waals surface area contributed by atoms with E-state index >= 15 is 0 Å². The maximum absolute atomic E-state index is 12.2. The molecule has 1 saturated heterocycles. The van der Waals surface area contributed by atoms with Crippen molar-refractivity contribution >= 4 is 41.5 Å². The SMILES string of the molecule is CC(Cc1ccc(Cl)cc1Cl)C(=O)NCC1CCCNC1.Cl. The van der Waals surface area contributed by atoms with Gasteiger partial charge in [-0.15, -0.1) is 12.4 Å². The summed E-state index contributed by atoms with van der Waals surface area (Å²) < 4.78 is 0. The first-order chi connectivity index (χ1) is 10.1. The topological polar surface area (TPSA) is 41.1 Å². The van der Waals surface area contributed by atoms with Gasteiger partial charge in [-0.2, -0.15) is 0 Å². The minimum Gasteiger partial charge on any atom is -0.356 e. The first-order valence-corrected chi connectivity index (χ1v) is 8.24. The van der Waals surface area contributed by atoms with Crippen molar-refractivity contribution in [1.29, 1.82) is 0 Å². The Morgan fingerprint density at radius 3 is 2.86 bits per heavy atom. The van der Waals surface area contributed by atoms with Gasteiger partial charge in [-0.25, -0.2) is 0 Å². The lowest BCUT2D eigenvalue weighted by atomic mass is 9.98. The zero-order valence-corrected chi connectivity index (χ0v) is 15.0. The highest BCUT2D eigenvalue weighted by Crippen LogP contribution is 2.23. The highest BCUT2D eigenvalue weighted by molar-refractivity contribution is 6.35. The van der Waals surface area contributed by atoms with Gasteiger partial charge in [0.25, 0.3) is 0 Å². The second-order valence-electron chi connectivity index (χ2n) is 5.80. The number of rotatable bonds is 5. The lowest BCUT2D eigenvalue weighted by Crippen LogP contribution is -2.40. The molecule has 2 N–H and O–H groups in total. The number of nitrogens with one attached hydrogen (secondary N) is 2. The van der Waals surface area contributed by atoms with Crippen molar-refractivity contribution in [2.75, 3.05) is 19.6 Å². The van der Waals surface area contributed by atoms with Crippen LogP contribution in [0.15, 0.2) is 18.2 Å². The van der Waals surface area contributed by atoms with Gasteiger partial charge in [0.15, 0.2) is 0 Å². The molecule has 1 fully saturated rings. The first-order valence-electron chi connectivity index (χ1n) is 7.48. The zero-order valence-electron chi connectivity index (χ0n) is 12.7. The van der Waals surface area contributed by atoms with Crippen molar-refractivity contribution < 1.29 is 4.79 Å². The van der Waals surface area contributed by atoms with Gasteiger partial charge in [0, 0.05) is 22.5 Å². The van der Waals surface area contributed by atoms with Crippen LogP contribution in [0, 0.1) is 11.8 Å². The Labute approximate surface area is 148 Å². The number of hydrogen-bond acceptors (Lipinski definition) is 2. The maximum Gasteiger partial charge on any atom is 0.223 e. The highest BCUT2D eigenvalue weighted by atomic mass is 35.5. The summed E-state index contributed by atoms with van der Waals surface area (Å²) >= 11 is 12.0. The van der Waals surface area contributed by atoms with Gasteiger partial charge < -0.3 is 10.6 Å². The summed E-state index contributed by atoms with van der Waals surface area (Å²) in [6.07, 6.45) is 3.01. The van der Waals surface area contributed by atoms with E-state index in [4.69, 9.17) is 23.2 Å². The van der Waals surface area contributed by atoms with E-state index in [1.54, 1.807) is 12.1 Å². The number of carbonyl (C=O) groups is 1. The number of amides is 1. The molecule has 0 radical (unpaired) electrons. The van der Waals surface area contributed by atoms with Crippen molar-refractivity contribution in [3.8, 4) is 0 Å². The summed E-state index contributed by atoms with van der Waals surface area (Å²) in [5.74, 6) is 0.542. The molecule has 2 atom stereocenters. The van der Waals surface area contributed by atoms with Gasteiger partial charge in [-0.3, -0.25) is 4.79 Å². The van der Waals surface area contributed by atoms with Crippen molar-refractivity contribution in [3.63, 3.8) is 0 Å². The second kappa shape index (κ2) is 9.61. The molecule has 0 saturated carbocycles. The molecule has 1 aromatic carbocycles. The van der Waals surface area contributed by atoms with Crippen LogP contribution in [-0.4, -0.2) is 25.5 Å². The summed E-state index contributed by atoms with van der Waals surface area (Å²) in [7, 11) is 0. The predicted octanol–water partition coefficient (Wildman–Crippen LogP) is 3.71. The third-order valence-corrected chi connectivity index (χ3v) is 4.54. The molecule has 1 heterocycles. The summed E-state index contributed by atoms with van der Waals surface area (Å²) in [5.41, 5.74) is 0.961. The monoisotopic (exact) mass is 364 g/mol. The molecule has 2 unspecified atom stereocenters. The normalized spacial score (nSPS) is 19.1. The summed E-state index contributed by atoms with van der Waals surface area (Å²) in [5, 5.41) is 7.65. The molecule has 0 spiro atoms. The van der Waals surface area contributed by atoms with E-state index in [9.17, 15) is 4.79 Å². The predicted molar refractivity (Wildman–Crippen MR) is 95.2 cm³/mol. The molecule has 6 heteroatoms. The van der Waals surface area contributed by atoms with E-state index in [1.165, 1.54) is 12.8 Å². The van der Waals surface area contributed by atoms with E-state index in [-0.39, 0.29) is 24.2 Å². The highest BCUT2D eigenvalue weighted by Gasteiger charge is 2.18. The standard InChI is InChI=1S/C16H22Cl2N2O.ClH/c1-11(7-13-4-5-14(17)8-15(13)18)16(21)20-10-12-3-2-6-19-9-12;/h4-5,8,11-12,19H,2-3,6-7,9-10H2,1H3,(H,20,21);1H. The molecule has 1 aromatic rings. The van der Waals surface area contributed by atoms with Crippen molar-refractivity contribution in [2.45, 2.75) is 26.2 Å². The molecular weight excluding hydrogens is 343 g/mol. The van der Waals surface area contributed by atoms with Crippen molar-refractivity contribution in [3.05, 3.63) is 33.8 Å². The van der Waals surface area contributed by atoms with E-state index in [0.717, 1.165) is 25.2 Å². The number of halogens is 3. The summed E-state index contributed by atoms with van der Waals surface area (Å²) in [6.45, 7) is 4.78. The van der Waals surface area contributed by atoms with Crippen LogP contribution < -0.4 is 10.6 Å². The molecule has 1 aliphatic heterocycles. The quantitative estimate of drug-likeness (QED) is 0.835. The fourth-order valence-electron chi connectivity index (χ4n) is 2.63. The van der Waals surface area contributed by atoms with E-state index in [2.05, 4.69) is 10.6 Å². The number of carbonyl (C=O) groups excluding carboxylic acids is 1. The van der Waals surface area contributed by atoms with Gasteiger partial charge in [-0.1, -0.05) is 36.2 Å². The van der Waals surface area contributed by atoms with Gasteiger partial charge in [0.1, 0.15) is 0 Å². The van der Waals surface area contributed by atoms with Crippen LogP contribution in [0.5, 0.6) is 0 Å². The van der Waals surface area contributed by atoms with E-state index in [1.807, 2.05) is 13.0 Å². The minimum atomic E-state index is -0.0970. The Hall–Kier alpha value is -0.480. The Bertz CT molecular complexity index is 490. The number of benzene rings is 1. The van der Waals surface area contributed by atoms with Crippen LogP contribution in [0.25, 0.3) is 0 Å². The third kappa shape index (κ3) is 5.96. The molecular formula is C16H23Cl3N2O. The van der Waals surface area contributed by atoms with Crippen molar-refractivity contribution in [2.24, 2.45) is 11.8 Å². The van der Waals surface area contributed by atoms with Crippen LogP contribution >= 0.6 is 35.6 Å². The number of hydrogen-bond donors (Lipinski definition) is 2. The molecule has 1 aliphatic rings. The first kappa shape index (κ1) is 19.6. The summed E-state index contributed by atoms with van der Waals surface area (Å²) in [4.78, 5) is 12.2. The van der Waals surface area contributed by atoms with Crippen LogP contribution in [-0.2, 0) is 11.2 Å². The zero-order chi connectivity index (χ0) is 15.2. The Morgan fingerprint density at radius 2 is 2.23 bits per heavy atom. The minimum absolute atomic E-state index is 0. The fourth-order valence-corrected chi connectivity index (χ4v) is 3.11. The fraction of sp³-hybridized carbons (Fsp3) is 0.562. The average molecular weight is 366 g/mol. The largest absolute Gasteiger partial charge is 0.356 e. The average Bonchev–Trinajstić information content (AvgIpc) is 2.48. The van der Waals surface area contributed by atoms with Crippen LogP contribution in [0.4, 0.5) is 0 Å². The van der Waals surface area contributed by atoms with Crippen LogP contribution in [0.2, 0.25) is 10.0 Å². The number of piperidine rings is 1. The second-order valence-corrected chi connectivity index (χ2v) is 6.64. The van der Waals surface area contributed by atoms with Gasteiger partial charge in [0.2, 0.25) is 5.91 Å². The van der Waals surface area contributed by atoms with Gasteiger partial charge in [0.05, 0.1) is 0 Å². The lowest BCUT2D eigenvalue weighted by molar-refractivity contribution is -0.124. The van der Waals surface area contributed by atoms with Gasteiger partial charge >= 0.3 is 0 Å². The molecule has 22 heavy (non-hydrogen) atoms. The third-order valence-electron chi connectivity index (χ3n) is 3.95. The maximum atomic E-state index is 12.2. The Balaban J connectivity index is 0.00000242. The van der Waals surface area contributed by atoms with Crippen LogP contribution in [0.1, 0.15) is 25.3 Å². The van der Waals surface area contributed by atoms with Crippen molar-refractivity contribution in [1.82, 2.24) is 10.6 Å². The molecule has 0 aliphatic carbocycles. The molecule has 1 amide bonds. The summed E-state index contributed by atoms with van der Waals surface area (Å²) in [6, 6.07) is 5.41. The van der Waals surface area contributed by atoms with Crippen LogP contribution in [0.3, 0.4) is 0 Å². The van der Waals surface area contributed by atoms with E-state index < -0.39 is 0 Å². The van der Waals surface area contributed by atoms with E-state index in [0.29, 0.717) is 22.4 Å². The molecule has 3 nitrogen and oxygen atoms in total. The molecule has 0 aromatic heterocycles. The molecule has 2 rings (SSSR count). The Kier molecular flexibility index (Phi) is 8.55. The molecule has 124 valence electrons. The van der Waals surface area contributed by atoms with Gasteiger partial charge in [-0.05, 0) is 56.0 Å².